The van der Waals surface area contributed by atoms with E-state index in [9.17, 15) is 13.2 Å². The average molecular weight is 303 g/mol. The molecule has 3 nitrogen and oxygen atoms in total. The minimum Gasteiger partial charge on any atom is -0.379 e. The Labute approximate surface area is 122 Å². The van der Waals surface area contributed by atoms with Gasteiger partial charge in [-0.2, -0.15) is 13.2 Å². The highest BCUT2D eigenvalue weighted by Gasteiger charge is 2.37. The SMILES string of the molecule is CCC[C@@H](OC)[C@@H]1OCc2nc(C(F)(F)F)ccc2[C@@H]1C. The third-order valence-corrected chi connectivity index (χ3v) is 3.94. The number of fused-ring (bicyclic) bond motifs is 1. The first kappa shape index (κ1) is 16.2. The first-order valence-electron chi connectivity index (χ1n) is 7.09. The van der Waals surface area contributed by atoms with E-state index in [1.165, 1.54) is 6.07 Å². The van der Waals surface area contributed by atoms with E-state index in [0.717, 1.165) is 24.5 Å². The summed E-state index contributed by atoms with van der Waals surface area (Å²) in [5, 5.41) is 0. The van der Waals surface area contributed by atoms with Gasteiger partial charge >= 0.3 is 6.18 Å². The van der Waals surface area contributed by atoms with E-state index in [2.05, 4.69) is 11.9 Å². The van der Waals surface area contributed by atoms with Crippen LogP contribution in [0.2, 0.25) is 0 Å². The quantitative estimate of drug-likeness (QED) is 0.845. The zero-order chi connectivity index (χ0) is 15.6. The highest BCUT2D eigenvalue weighted by atomic mass is 19.4. The predicted molar refractivity (Wildman–Crippen MR) is 71.9 cm³/mol. The molecule has 6 heteroatoms. The van der Waals surface area contributed by atoms with Crippen molar-refractivity contribution in [2.45, 2.75) is 57.6 Å². The van der Waals surface area contributed by atoms with Gasteiger partial charge in [-0.05, 0) is 18.1 Å². The molecule has 3 atom stereocenters. The van der Waals surface area contributed by atoms with Crippen LogP contribution >= 0.6 is 0 Å². The number of pyridine rings is 1. The van der Waals surface area contributed by atoms with Gasteiger partial charge in [0, 0.05) is 13.0 Å². The van der Waals surface area contributed by atoms with Gasteiger partial charge in [0.25, 0.3) is 0 Å². The Kier molecular flexibility index (Phi) is 4.88. The molecule has 1 aromatic rings. The van der Waals surface area contributed by atoms with Crippen molar-refractivity contribution in [2.75, 3.05) is 7.11 Å². The van der Waals surface area contributed by atoms with Crippen LogP contribution in [0.3, 0.4) is 0 Å². The van der Waals surface area contributed by atoms with E-state index in [4.69, 9.17) is 9.47 Å². The molecule has 0 radical (unpaired) electrons. The van der Waals surface area contributed by atoms with Gasteiger partial charge in [-0.1, -0.05) is 26.3 Å². The van der Waals surface area contributed by atoms with Gasteiger partial charge in [-0.3, -0.25) is 0 Å². The van der Waals surface area contributed by atoms with Gasteiger partial charge in [0.1, 0.15) is 5.69 Å². The summed E-state index contributed by atoms with van der Waals surface area (Å²) in [6, 6.07) is 2.56. The number of methoxy groups -OCH3 is 1. The fourth-order valence-electron chi connectivity index (χ4n) is 2.83. The molecule has 0 saturated heterocycles. The largest absolute Gasteiger partial charge is 0.433 e. The van der Waals surface area contributed by atoms with Crippen LogP contribution in [0.25, 0.3) is 0 Å². The summed E-state index contributed by atoms with van der Waals surface area (Å²) >= 11 is 0. The Morgan fingerprint density at radius 3 is 2.71 bits per heavy atom. The Morgan fingerprint density at radius 1 is 1.43 bits per heavy atom. The summed E-state index contributed by atoms with van der Waals surface area (Å²) in [5.41, 5.74) is 0.324. The van der Waals surface area contributed by atoms with Crippen LogP contribution in [0.5, 0.6) is 0 Å². The molecule has 0 saturated carbocycles. The monoisotopic (exact) mass is 303 g/mol. The van der Waals surface area contributed by atoms with E-state index in [0.29, 0.717) is 5.69 Å². The lowest BCUT2D eigenvalue weighted by Crippen LogP contribution is -2.38. The molecule has 0 unspecified atom stereocenters. The highest BCUT2D eigenvalue weighted by Crippen LogP contribution is 2.36. The second kappa shape index (κ2) is 6.32. The zero-order valence-corrected chi connectivity index (χ0v) is 12.4. The van der Waals surface area contributed by atoms with E-state index in [-0.39, 0.29) is 24.7 Å². The number of rotatable bonds is 4. The summed E-state index contributed by atoms with van der Waals surface area (Å²) in [7, 11) is 1.64. The molecule has 0 aliphatic carbocycles. The first-order chi connectivity index (χ1) is 9.88. The number of nitrogens with zero attached hydrogens (tertiary/aromatic N) is 1. The Balaban J connectivity index is 2.26. The van der Waals surface area contributed by atoms with E-state index in [1.807, 2.05) is 6.92 Å². The smallest absolute Gasteiger partial charge is 0.379 e. The fraction of sp³-hybridized carbons (Fsp3) is 0.667. The van der Waals surface area contributed by atoms with E-state index >= 15 is 0 Å². The maximum Gasteiger partial charge on any atom is 0.433 e. The van der Waals surface area contributed by atoms with Gasteiger partial charge in [-0.15, -0.1) is 0 Å². The molecule has 0 amide bonds. The zero-order valence-electron chi connectivity index (χ0n) is 12.4. The lowest BCUT2D eigenvalue weighted by atomic mass is 9.87. The minimum absolute atomic E-state index is 0.0416. The lowest BCUT2D eigenvalue weighted by Gasteiger charge is -2.35. The number of alkyl halides is 3. The summed E-state index contributed by atoms with van der Waals surface area (Å²) in [6.07, 6.45) is -2.81. The molecule has 0 fully saturated rings. The lowest BCUT2D eigenvalue weighted by molar-refractivity contribution is -0.141. The summed E-state index contributed by atoms with van der Waals surface area (Å²) in [4.78, 5) is 3.71. The fourth-order valence-corrected chi connectivity index (χ4v) is 2.83. The van der Waals surface area contributed by atoms with Gasteiger partial charge < -0.3 is 9.47 Å². The van der Waals surface area contributed by atoms with Gasteiger partial charge in [0.2, 0.25) is 0 Å². The van der Waals surface area contributed by atoms with Crippen LogP contribution in [0, 0.1) is 0 Å². The normalized spacial score (nSPS) is 23.7. The van der Waals surface area contributed by atoms with Crippen molar-refractivity contribution >= 4 is 0 Å². The summed E-state index contributed by atoms with van der Waals surface area (Å²) in [5.74, 6) is -0.0416. The third-order valence-electron chi connectivity index (χ3n) is 3.94. The number of hydrogen-bond donors (Lipinski definition) is 0. The molecule has 1 aliphatic rings. The van der Waals surface area contributed by atoms with Crippen LogP contribution in [0.4, 0.5) is 13.2 Å². The van der Waals surface area contributed by atoms with Crippen molar-refractivity contribution in [1.82, 2.24) is 4.98 Å². The Hall–Kier alpha value is -1.14. The van der Waals surface area contributed by atoms with E-state index in [1.54, 1.807) is 7.11 Å². The molecule has 21 heavy (non-hydrogen) atoms. The Morgan fingerprint density at radius 2 is 2.14 bits per heavy atom. The Bertz CT molecular complexity index is 490. The molecule has 2 rings (SSSR count). The van der Waals surface area contributed by atoms with Gasteiger partial charge in [-0.25, -0.2) is 4.98 Å². The molecule has 0 spiro atoms. The number of aromatic nitrogens is 1. The highest BCUT2D eigenvalue weighted by molar-refractivity contribution is 5.30. The van der Waals surface area contributed by atoms with Crippen LogP contribution in [-0.4, -0.2) is 24.3 Å². The van der Waals surface area contributed by atoms with Crippen molar-refractivity contribution in [2.24, 2.45) is 0 Å². The van der Waals surface area contributed by atoms with Crippen molar-refractivity contribution in [3.05, 3.63) is 29.1 Å². The molecule has 0 N–H and O–H groups in total. The molecule has 1 aliphatic heterocycles. The second-order valence-electron chi connectivity index (χ2n) is 5.36. The van der Waals surface area contributed by atoms with Gasteiger partial charge in [0.05, 0.1) is 24.5 Å². The molecule has 2 heterocycles. The maximum absolute atomic E-state index is 12.7. The molecule has 118 valence electrons. The first-order valence-corrected chi connectivity index (χ1v) is 7.09. The minimum atomic E-state index is -4.42. The third kappa shape index (κ3) is 3.37. The number of hydrogen-bond acceptors (Lipinski definition) is 3. The standard InChI is InChI=1S/C15H20F3NO2/c1-4-5-12(20-3)14-9(2)10-6-7-13(15(16,17)18)19-11(10)8-21-14/h6-7,9,12,14H,4-5,8H2,1-3H3/t9-,12+,14+/m0/s1. The van der Waals surface area contributed by atoms with Crippen LogP contribution in [0.15, 0.2) is 12.1 Å². The summed E-state index contributed by atoms with van der Waals surface area (Å²) in [6.45, 7) is 4.10. The van der Waals surface area contributed by atoms with Crippen molar-refractivity contribution in [1.29, 1.82) is 0 Å². The molecule has 0 bridgehead atoms. The van der Waals surface area contributed by atoms with Crippen molar-refractivity contribution < 1.29 is 22.6 Å². The van der Waals surface area contributed by atoms with E-state index < -0.39 is 11.9 Å². The maximum atomic E-state index is 12.7. The molecular weight excluding hydrogens is 283 g/mol. The second-order valence-corrected chi connectivity index (χ2v) is 5.36. The number of ether oxygens (including phenoxy) is 2. The van der Waals surface area contributed by atoms with Crippen molar-refractivity contribution in [3.8, 4) is 0 Å². The molecular formula is C15H20F3NO2. The molecule has 1 aromatic heterocycles. The average Bonchev–Trinajstić information content (AvgIpc) is 2.44. The topological polar surface area (TPSA) is 31.4 Å². The van der Waals surface area contributed by atoms with Crippen molar-refractivity contribution in [3.63, 3.8) is 0 Å². The number of halogens is 3. The predicted octanol–water partition coefficient (Wildman–Crippen LogP) is 3.92. The van der Waals surface area contributed by atoms with Crippen LogP contribution in [0.1, 0.15) is 49.6 Å². The van der Waals surface area contributed by atoms with Gasteiger partial charge in [0.15, 0.2) is 0 Å². The summed E-state index contributed by atoms with van der Waals surface area (Å²) < 4.78 is 49.3. The van der Waals surface area contributed by atoms with Crippen LogP contribution in [-0.2, 0) is 22.3 Å². The van der Waals surface area contributed by atoms with Crippen LogP contribution < -0.4 is 0 Å². The molecule has 0 aromatic carbocycles.